The molecule has 0 fully saturated rings. The standard InChI is InChI=1S/C12H22N2O/c1-9-5-7-14(8-6-9)11(15)10(13)12(2,3)4/h5,10H,6-8,13H2,1-4H3. The van der Waals surface area contributed by atoms with E-state index in [1.54, 1.807) is 0 Å². The first-order valence-electron chi connectivity index (χ1n) is 5.52. The first-order chi connectivity index (χ1) is 6.82. The van der Waals surface area contributed by atoms with Gasteiger partial charge in [-0.05, 0) is 18.8 Å². The fourth-order valence-corrected chi connectivity index (χ4v) is 1.54. The van der Waals surface area contributed by atoms with Crippen LogP contribution in [-0.4, -0.2) is 29.9 Å². The third-order valence-corrected chi connectivity index (χ3v) is 2.95. The van der Waals surface area contributed by atoms with Crippen molar-refractivity contribution in [3.63, 3.8) is 0 Å². The number of amides is 1. The third kappa shape index (κ3) is 3.06. The van der Waals surface area contributed by atoms with E-state index in [0.29, 0.717) is 6.54 Å². The first-order valence-corrected chi connectivity index (χ1v) is 5.52. The van der Waals surface area contributed by atoms with Gasteiger partial charge >= 0.3 is 0 Å². The average Bonchev–Trinajstić information content (AvgIpc) is 2.15. The molecule has 1 aliphatic heterocycles. The second-order valence-electron chi connectivity index (χ2n) is 5.43. The number of nitrogens with two attached hydrogens (primary N) is 1. The van der Waals surface area contributed by atoms with Crippen molar-refractivity contribution in [2.45, 2.75) is 40.2 Å². The largest absolute Gasteiger partial charge is 0.337 e. The molecule has 1 rings (SSSR count). The minimum absolute atomic E-state index is 0.0752. The predicted octanol–water partition coefficient (Wildman–Crippen LogP) is 1.54. The summed E-state index contributed by atoms with van der Waals surface area (Å²) in [6.45, 7) is 9.63. The molecule has 86 valence electrons. The summed E-state index contributed by atoms with van der Waals surface area (Å²) in [6.07, 6.45) is 3.08. The average molecular weight is 210 g/mol. The van der Waals surface area contributed by atoms with Crippen LogP contribution in [0.2, 0.25) is 0 Å². The molecule has 1 unspecified atom stereocenters. The Morgan fingerprint density at radius 2 is 2.13 bits per heavy atom. The van der Waals surface area contributed by atoms with Gasteiger partial charge in [0.1, 0.15) is 0 Å². The summed E-state index contributed by atoms with van der Waals surface area (Å²) in [5.41, 5.74) is 7.15. The molecule has 15 heavy (non-hydrogen) atoms. The molecule has 0 aromatic rings. The van der Waals surface area contributed by atoms with E-state index >= 15 is 0 Å². The summed E-state index contributed by atoms with van der Waals surface area (Å²) in [4.78, 5) is 13.9. The molecule has 0 aromatic carbocycles. The van der Waals surface area contributed by atoms with E-state index < -0.39 is 6.04 Å². The zero-order valence-corrected chi connectivity index (χ0v) is 10.2. The Morgan fingerprint density at radius 1 is 1.53 bits per heavy atom. The Morgan fingerprint density at radius 3 is 2.53 bits per heavy atom. The fraction of sp³-hybridized carbons (Fsp3) is 0.750. The van der Waals surface area contributed by atoms with Gasteiger partial charge in [-0.25, -0.2) is 0 Å². The predicted molar refractivity (Wildman–Crippen MR) is 62.4 cm³/mol. The van der Waals surface area contributed by atoms with Crippen LogP contribution in [-0.2, 0) is 4.79 Å². The summed E-state index contributed by atoms with van der Waals surface area (Å²) < 4.78 is 0. The van der Waals surface area contributed by atoms with Gasteiger partial charge < -0.3 is 10.6 Å². The number of carbonyl (C=O) groups is 1. The van der Waals surface area contributed by atoms with E-state index in [9.17, 15) is 4.79 Å². The molecule has 1 amide bonds. The van der Waals surface area contributed by atoms with E-state index in [-0.39, 0.29) is 11.3 Å². The van der Waals surface area contributed by atoms with Gasteiger partial charge in [-0.15, -0.1) is 0 Å². The van der Waals surface area contributed by atoms with Gasteiger partial charge in [-0.3, -0.25) is 4.79 Å². The molecular formula is C12H22N2O. The molecule has 0 saturated heterocycles. The highest BCUT2D eigenvalue weighted by atomic mass is 16.2. The summed E-state index contributed by atoms with van der Waals surface area (Å²) in [7, 11) is 0. The van der Waals surface area contributed by atoms with Crippen LogP contribution >= 0.6 is 0 Å². The Kier molecular flexibility index (Phi) is 3.55. The molecule has 3 nitrogen and oxygen atoms in total. The van der Waals surface area contributed by atoms with Crippen molar-refractivity contribution in [3.8, 4) is 0 Å². The second-order valence-corrected chi connectivity index (χ2v) is 5.43. The third-order valence-electron chi connectivity index (χ3n) is 2.95. The number of hydrogen-bond acceptors (Lipinski definition) is 2. The molecule has 0 bridgehead atoms. The number of carbonyl (C=O) groups excluding carboxylic acids is 1. The van der Waals surface area contributed by atoms with Crippen LogP contribution < -0.4 is 5.73 Å². The Bertz CT molecular complexity index is 276. The van der Waals surface area contributed by atoms with Crippen molar-refractivity contribution in [2.75, 3.05) is 13.1 Å². The molecule has 1 aliphatic rings. The maximum Gasteiger partial charge on any atom is 0.240 e. The van der Waals surface area contributed by atoms with Crippen molar-refractivity contribution in [2.24, 2.45) is 11.1 Å². The Labute approximate surface area is 92.3 Å². The van der Waals surface area contributed by atoms with Crippen LogP contribution in [0.15, 0.2) is 11.6 Å². The molecule has 1 heterocycles. The van der Waals surface area contributed by atoms with Crippen molar-refractivity contribution in [3.05, 3.63) is 11.6 Å². The van der Waals surface area contributed by atoms with Crippen LogP contribution in [0.25, 0.3) is 0 Å². The van der Waals surface area contributed by atoms with Crippen LogP contribution in [0, 0.1) is 5.41 Å². The van der Waals surface area contributed by atoms with Gasteiger partial charge in [0.05, 0.1) is 6.04 Å². The molecule has 0 spiro atoms. The van der Waals surface area contributed by atoms with E-state index in [1.165, 1.54) is 5.57 Å². The van der Waals surface area contributed by atoms with Gasteiger partial charge in [0.2, 0.25) is 5.91 Å². The van der Waals surface area contributed by atoms with Crippen molar-refractivity contribution in [1.82, 2.24) is 4.90 Å². The molecular weight excluding hydrogens is 188 g/mol. The zero-order valence-electron chi connectivity index (χ0n) is 10.2. The second kappa shape index (κ2) is 4.35. The van der Waals surface area contributed by atoms with Crippen molar-refractivity contribution in [1.29, 1.82) is 0 Å². The zero-order chi connectivity index (χ0) is 11.6. The molecule has 0 saturated carbocycles. The quantitative estimate of drug-likeness (QED) is 0.667. The SMILES string of the molecule is CC1=CCN(C(=O)C(N)C(C)(C)C)CC1. The lowest BCUT2D eigenvalue weighted by Crippen LogP contribution is -2.51. The smallest absolute Gasteiger partial charge is 0.240 e. The van der Waals surface area contributed by atoms with Crippen LogP contribution in [0.1, 0.15) is 34.1 Å². The van der Waals surface area contributed by atoms with Crippen molar-refractivity contribution < 1.29 is 4.79 Å². The monoisotopic (exact) mass is 210 g/mol. The first kappa shape index (κ1) is 12.2. The molecule has 2 N–H and O–H groups in total. The van der Waals surface area contributed by atoms with Gasteiger partial charge in [0.25, 0.3) is 0 Å². The number of nitrogens with zero attached hydrogens (tertiary/aromatic N) is 1. The highest BCUT2D eigenvalue weighted by Crippen LogP contribution is 2.20. The molecule has 1 atom stereocenters. The summed E-state index contributed by atoms with van der Waals surface area (Å²) in [5, 5.41) is 0. The van der Waals surface area contributed by atoms with E-state index in [2.05, 4.69) is 13.0 Å². The fourth-order valence-electron chi connectivity index (χ4n) is 1.54. The number of hydrogen-bond donors (Lipinski definition) is 1. The van der Waals surface area contributed by atoms with E-state index in [0.717, 1.165) is 13.0 Å². The lowest BCUT2D eigenvalue weighted by molar-refractivity contribution is -0.134. The Hall–Kier alpha value is -0.830. The van der Waals surface area contributed by atoms with Crippen LogP contribution in [0.4, 0.5) is 0 Å². The minimum Gasteiger partial charge on any atom is -0.337 e. The molecule has 0 radical (unpaired) electrons. The summed E-state index contributed by atoms with van der Waals surface area (Å²) in [6, 6.07) is -0.399. The van der Waals surface area contributed by atoms with Gasteiger partial charge in [0.15, 0.2) is 0 Å². The summed E-state index contributed by atoms with van der Waals surface area (Å²) in [5.74, 6) is 0.0752. The van der Waals surface area contributed by atoms with Crippen LogP contribution in [0.3, 0.4) is 0 Å². The lowest BCUT2D eigenvalue weighted by atomic mass is 9.86. The maximum atomic E-state index is 12.0. The normalized spacial score (nSPS) is 19.8. The van der Waals surface area contributed by atoms with E-state index in [1.807, 2.05) is 25.7 Å². The highest BCUT2D eigenvalue weighted by Gasteiger charge is 2.31. The minimum atomic E-state index is -0.399. The molecule has 0 aromatic heterocycles. The highest BCUT2D eigenvalue weighted by molar-refractivity contribution is 5.82. The van der Waals surface area contributed by atoms with Gasteiger partial charge in [0, 0.05) is 13.1 Å². The molecule has 0 aliphatic carbocycles. The summed E-state index contributed by atoms with van der Waals surface area (Å²) >= 11 is 0. The Balaban J connectivity index is 2.63. The number of rotatable bonds is 1. The van der Waals surface area contributed by atoms with Gasteiger partial charge in [-0.2, -0.15) is 0 Å². The van der Waals surface area contributed by atoms with E-state index in [4.69, 9.17) is 5.73 Å². The van der Waals surface area contributed by atoms with Crippen LogP contribution in [0.5, 0.6) is 0 Å². The molecule has 3 heteroatoms. The lowest BCUT2D eigenvalue weighted by Gasteiger charge is -2.33. The topological polar surface area (TPSA) is 46.3 Å². The van der Waals surface area contributed by atoms with Gasteiger partial charge in [-0.1, -0.05) is 32.4 Å². The van der Waals surface area contributed by atoms with Crippen molar-refractivity contribution >= 4 is 5.91 Å². The maximum absolute atomic E-state index is 12.0.